The van der Waals surface area contributed by atoms with E-state index in [4.69, 9.17) is 11.6 Å². The van der Waals surface area contributed by atoms with Crippen LogP contribution in [0.2, 0.25) is 5.02 Å². The number of halogens is 2. The van der Waals surface area contributed by atoms with Crippen LogP contribution in [0.25, 0.3) is 0 Å². The lowest BCUT2D eigenvalue weighted by Crippen LogP contribution is -2.32. The van der Waals surface area contributed by atoms with E-state index in [0.717, 1.165) is 18.4 Å². The lowest BCUT2D eigenvalue weighted by atomic mass is 9.92. The van der Waals surface area contributed by atoms with Crippen molar-refractivity contribution in [1.29, 1.82) is 0 Å². The van der Waals surface area contributed by atoms with Gasteiger partial charge in [0.15, 0.2) is 0 Å². The molecule has 0 radical (unpaired) electrons. The average Bonchev–Trinajstić information content (AvgIpc) is 3.03. The van der Waals surface area contributed by atoms with Gasteiger partial charge in [-0.25, -0.2) is 4.39 Å². The molecule has 21 heavy (non-hydrogen) atoms. The van der Waals surface area contributed by atoms with Crippen molar-refractivity contribution in [2.45, 2.75) is 38.5 Å². The Kier molecular flexibility index (Phi) is 4.48. The number of carbonyl (C=O) groups excluding carboxylic acids is 1. The third-order valence-electron chi connectivity index (χ3n) is 5.16. The van der Waals surface area contributed by atoms with Gasteiger partial charge in [-0.2, -0.15) is 0 Å². The molecule has 0 aliphatic heterocycles. The molecule has 1 aromatic carbocycles. The summed E-state index contributed by atoms with van der Waals surface area (Å²) in [4.78, 5) is 12.0. The zero-order chi connectivity index (χ0) is 14.8. The average molecular weight is 310 g/mol. The number of carbonyl (C=O) groups is 1. The van der Waals surface area contributed by atoms with Gasteiger partial charge in [0.1, 0.15) is 5.82 Å². The fourth-order valence-electron chi connectivity index (χ4n) is 4.09. The maximum atomic E-state index is 13.0. The standard InChI is InChI=1S/C17H21ClFNO/c18-16-9-14(19)7-6-12(16)8-17(21)20-10-13-5-4-11-2-1-3-15(11)13/h6-7,9,11,13,15H,1-5,8,10H2,(H,20,21)/t11-,13+,15-/m0/s1. The van der Waals surface area contributed by atoms with Crippen LogP contribution in [-0.4, -0.2) is 12.5 Å². The van der Waals surface area contributed by atoms with Gasteiger partial charge in [0, 0.05) is 11.6 Å². The third kappa shape index (κ3) is 3.39. The van der Waals surface area contributed by atoms with E-state index in [0.29, 0.717) is 16.5 Å². The maximum Gasteiger partial charge on any atom is 0.224 e. The minimum atomic E-state index is -0.373. The summed E-state index contributed by atoms with van der Waals surface area (Å²) in [5.41, 5.74) is 0.681. The summed E-state index contributed by atoms with van der Waals surface area (Å²) in [5, 5.41) is 3.36. The monoisotopic (exact) mass is 309 g/mol. The van der Waals surface area contributed by atoms with E-state index in [2.05, 4.69) is 5.32 Å². The lowest BCUT2D eigenvalue weighted by Gasteiger charge is -2.19. The van der Waals surface area contributed by atoms with Gasteiger partial charge in [-0.1, -0.05) is 30.5 Å². The summed E-state index contributed by atoms with van der Waals surface area (Å²) < 4.78 is 13.0. The van der Waals surface area contributed by atoms with Crippen LogP contribution in [0.5, 0.6) is 0 Å². The zero-order valence-corrected chi connectivity index (χ0v) is 12.8. The summed E-state index contributed by atoms with van der Waals surface area (Å²) in [6.07, 6.45) is 6.85. The molecular formula is C17H21ClFNO. The molecule has 0 heterocycles. The van der Waals surface area contributed by atoms with Crippen LogP contribution in [0.1, 0.15) is 37.7 Å². The Balaban J connectivity index is 1.50. The second-order valence-corrected chi connectivity index (χ2v) is 6.82. The number of nitrogens with one attached hydrogen (secondary N) is 1. The number of benzene rings is 1. The van der Waals surface area contributed by atoms with Gasteiger partial charge in [0.25, 0.3) is 0 Å². The molecule has 4 heteroatoms. The highest BCUT2D eigenvalue weighted by Gasteiger charge is 2.38. The summed E-state index contributed by atoms with van der Waals surface area (Å²) in [6, 6.07) is 4.18. The Morgan fingerprint density at radius 3 is 2.95 bits per heavy atom. The van der Waals surface area contributed by atoms with Crippen molar-refractivity contribution in [2.24, 2.45) is 17.8 Å². The molecule has 2 fully saturated rings. The van der Waals surface area contributed by atoms with Gasteiger partial charge >= 0.3 is 0 Å². The van der Waals surface area contributed by atoms with E-state index in [1.54, 1.807) is 6.07 Å². The first-order valence-electron chi connectivity index (χ1n) is 7.84. The van der Waals surface area contributed by atoms with Crippen LogP contribution < -0.4 is 5.32 Å². The molecule has 0 aromatic heterocycles. The minimum Gasteiger partial charge on any atom is -0.356 e. The quantitative estimate of drug-likeness (QED) is 0.896. The first-order chi connectivity index (χ1) is 10.1. The molecule has 3 atom stereocenters. The van der Waals surface area contributed by atoms with Crippen molar-refractivity contribution in [3.63, 3.8) is 0 Å². The van der Waals surface area contributed by atoms with Crippen molar-refractivity contribution in [3.05, 3.63) is 34.6 Å². The van der Waals surface area contributed by atoms with E-state index in [1.807, 2.05) is 0 Å². The van der Waals surface area contributed by atoms with Crippen molar-refractivity contribution < 1.29 is 9.18 Å². The lowest BCUT2D eigenvalue weighted by molar-refractivity contribution is -0.120. The number of hydrogen-bond donors (Lipinski definition) is 1. The third-order valence-corrected chi connectivity index (χ3v) is 5.51. The van der Waals surface area contributed by atoms with E-state index in [-0.39, 0.29) is 18.1 Å². The molecule has 114 valence electrons. The van der Waals surface area contributed by atoms with Crippen LogP contribution in [0.4, 0.5) is 4.39 Å². The number of fused-ring (bicyclic) bond motifs is 1. The highest BCUT2D eigenvalue weighted by atomic mass is 35.5. The van der Waals surface area contributed by atoms with Gasteiger partial charge < -0.3 is 5.32 Å². The Morgan fingerprint density at radius 1 is 1.29 bits per heavy atom. The molecule has 0 saturated heterocycles. The van der Waals surface area contributed by atoms with Crippen molar-refractivity contribution in [1.82, 2.24) is 5.32 Å². The highest BCUT2D eigenvalue weighted by Crippen LogP contribution is 2.47. The number of rotatable bonds is 4. The number of hydrogen-bond acceptors (Lipinski definition) is 1. The maximum absolute atomic E-state index is 13.0. The normalized spacial score (nSPS) is 27.6. The van der Waals surface area contributed by atoms with Crippen LogP contribution in [-0.2, 0) is 11.2 Å². The van der Waals surface area contributed by atoms with E-state index in [9.17, 15) is 9.18 Å². The van der Waals surface area contributed by atoms with E-state index >= 15 is 0 Å². The summed E-state index contributed by atoms with van der Waals surface area (Å²) in [5.74, 6) is 1.97. The van der Waals surface area contributed by atoms with Crippen LogP contribution in [0.3, 0.4) is 0 Å². The molecule has 2 saturated carbocycles. The zero-order valence-electron chi connectivity index (χ0n) is 12.1. The second kappa shape index (κ2) is 6.35. The predicted octanol–water partition coefficient (Wildman–Crippen LogP) is 3.96. The van der Waals surface area contributed by atoms with Gasteiger partial charge in [-0.05, 0) is 54.7 Å². The highest BCUT2D eigenvalue weighted by molar-refractivity contribution is 6.31. The van der Waals surface area contributed by atoms with Gasteiger partial charge in [0.2, 0.25) is 5.91 Å². The fourth-order valence-corrected chi connectivity index (χ4v) is 4.32. The molecule has 1 amide bonds. The molecule has 0 bridgehead atoms. The molecule has 3 rings (SSSR count). The molecule has 0 unspecified atom stereocenters. The molecule has 2 aliphatic carbocycles. The fraction of sp³-hybridized carbons (Fsp3) is 0.588. The minimum absolute atomic E-state index is 0.0232. The Labute approximate surface area is 130 Å². The molecule has 1 N–H and O–H groups in total. The van der Waals surface area contributed by atoms with Crippen LogP contribution in [0, 0.1) is 23.6 Å². The van der Waals surface area contributed by atoms with Crippen LogP contribution in [0.15, 0.2) is 18.2 Å². The summed E-state index contributed by atoms with van der Waals surface area (Å²) in [6.45, 7) is 0.777. The van der Waals surface area contributed by atoms with E-state index in [1.165, 1.54) is 44.2 Å². The van der Waals surface area contributed by atoms with Gasteiger partial charge in [-0.15, -0.1) is 0 Å². The number of amides is 1. The van der Waals surface area contributed by atoms with Crippen molar-refractivity contribution >= 4 is 17.5 Å². The molecule has 2 aliphatic rings. The van der Waals surface area contributed by atoms with Crippen molar-refractivity contribution in [3.8, 4) is 0 Å². The summed E-state index contributed by atoms with van der Waals surface area (Å²) in [7, 11) is 0. The Morgan fingerprint density at radius 2 is 2.14 bits per heavy atom. The summed E-state index contributed by atoms with van der Waals surface area (Å²) >= 11 is 5.95. The second-order valence-electron chi connectivity index (χ2n) is 6.41. The largest absolute Gasteiger partial charge is 0.356 e. The van der Waals surface area contributed by atoms with Gasteiger partial charge in [0.05, 0.1) is 6.42 Å². The Bertz CT molecular complexity index is 534. The molecular weight excluding hydrogens is 289 g/mol. The molecule has 0 spiro atoms. The topological polar surface area (TPSA) is 29.1 Å². The van der Waals surface area contributed by atoms with Crippen molar-refractivity contribution in [2.75, 3.05) is 6.54 Å². The predicted molar refractivity (Wildman–Crippen MR) is 81.7 cm³/mol. The van der Waals surface area contributed by atoms with E-state index < -0.39 is 0 Å². The molecule has 1 aromatic rings. The first-order valence-corrected chi connectivity index (χ1v) is 8.22. The van der Waals surface area contributed by atoms with Crippen LogP contribution >= 0.6 is 11.6 Å². The molecule has 2 nitrogen and oxygen atoms in total. The first kappa shape index (κ1) is 14.8. The van der Waals surface area contributed by atoms with Gasteiger partial charge in [-0.3, -0.25) is 4.79 Å². The Hall–Kier alpha value is -1.09. The smallest absolute Gasteiger partial charge is 0.224 e. The SMILES string of the molecule is O=C(Cc1ccc(F)cc1Cl)NC[C@H]1CC[C@@H]2CCC[C@@H]21.